The number of ketones is 1. The molecule has 0 bridgehead atoms. The van der Waals surface area contributed by atoms with E-state index in [9.17, 15) is 9.59 Å². The van der Waals surface area contributed by atoms with Crippen LogP contribution >= 0.6 is 24.2 Å². The molecule has 1 aromatic rings. The van der Waals surface area contributed by atoms with Crippen LogP contribution in [0.3, 0.4) is 0 Å². The van der Waals surface area contributed by atoms with E-state index in [2.05, 4.69) is 26.0 Å². The minimum atomic E-state index is -0.414. The summed E-state index contributed by atoms with van der Waals surface area (Å²) < 4.78 is 0. The second-order valence-electron chi connectivity index (χ2n) is 7.65. The molecule has 1 amide bonds. The first-order chi connectivity index (χ1) is 12.4. The van der Waals surface area contributed by atoms with Gasteiger partial charge in [0.25, 0.3) is 0 Å². The van der Waals surface area contributed by atoms with Gasteiger partial charge in [-0.3, -0.25) is 9.59 Å². The molecule has 1 unspecified atom stereocenters. The number of amides is 1. The van der Waals surface area contributed by atoms with Crippen molar-refractivity contribution in [2.24, 2.45) is 17.6 Å². The minimum absolute atomic E-state index is 0. The molecule has 1 aliphatic heterocycles. The fraction of sp³-hybridized carbons (Fsp3) is 0.619. The van der Waals surface area contributed by atoms with Crippen molar-refractivity contribution in [1.29, 1.82) is 0 Å². The average molecular weight is 413 g/mol. The maximum Gasteiger partial charge on any atom is 0.239 e. The van der Waals surface area contributed by atoms with E-state index in [0.717, 1.165) is 30.6 Å². The molecule has 0 radical (unpaired) electrons. The molecule has 2 N–H and O–H groups in total. The SMILES string of the molecule is CSCCC(N)C(=O)N1CCC(C(=O)c2ccc(CC(C)C)cc2)CC1.Cl. The first kappa shape index (κ1) is 24.0. The summed E-state index contributed by atoms with van der Waals surface area (Å²) in [6.45, 7) is 5.66. The molecule has 1 fully saturated rings. The normalized spacial score (nSPS) is 16.1. The highest BCUT2D eigenvalue weighted by Crippen LogP contribution is 2.23. The summed E-state index contributed by atoms with van der Waals surface area (Å²) in [5, 5.41) is 0. The number of hydrogen-bond acceptors (Lipinski definition) is 4. The Morgan fingerprint density at radius 2 is 1.78 bits per heavy atom. The van der Waals surface area contributed by atoms with E-state index in [-0.39, 0.29) is 30.0 Å². The summed E-state index contributed by atoms with van der Waals surface area (Å²) in [5.41, 5.74) is 8.06. The van der Waals surface area contributed by atoms with Crippen LogP contribution < -0.4 is 5.73 Å². The zero-order chi connectivity index (χ0) is 19.1. The molecule has 0 saturated carbocycles. The minimum Gasteiger partial charge on any atom is -0.341 e. The fourth-order valence-electron chi connectivity index (χ4n) is 3.48. The van der Waals surface area contributed by atoms with E-state index in [1.54, 1.807) is 11.8 Å². The zero-order valence-electron chi connectivity index (χ0n) is 16.6. The summed E-state index contributed by atoms with van der Waals surface area (Å²) in [6.07, 6.45) is 5.22. The quantitative estimate of drug-likeness (QED) is 0.659. The highest BCUT2D eigenvalue weighted by Gasteiger charge is 2.29. The Morgan fingerprint density at radius 1 is 1.19 bits per heavy atom. The highest BCUT2D eigenvalue weighted by atomic mass is 35.5. The zero-order valence-corrected chi connectivity index (χ0v) is 18.3. The number of rotatable bonds is 8. The van der Waals surface area contributed by atoms with Gasteiger partial charge >= 0.3 is 0 Å². The lowest BCUT2D eigenvalue weighted by atomic mass is 9.88. The van der Waals surface area contributed by atoms with Gasteiger partial charge in [0.2, 0.25) is 5.91 Å². The van der Waals surface area contributed by atoms with E-state index < -0.39 is 6.04 Å². The Kier molecular flexibility index (Phi) is 10.4. The number of Topliss-reactive ketones (excluding diaryl/α,β-unsaturated/α-hetero) is 1. The first-order valence-electron chi connectivity index (χ1n) is 9.58. The van der Waals surface area contributed by atoms with Crippen LogP contribution in [0.1, 0.15) is 49.0 Å². The van der Waals surface area contributed by atoms with Crippen LogP contribution in [0.5, 0.6) is 0 Å². The summed E-state index contributed by atoms with van der Waals surface area (Å²) >= 11 is 1.70. The maximum atomic E-state index is 12.8. The van der Waals surface area contributed by atoms with Crippen molar-refractivity contribution in [2.75, 3.05) is 25.1 Å². The van der Waals surface area contributed by atoms with E-state index in [4.69, 9.17) is 5.73 Å². The summed E-state index contributed by atoms with van der Waals surface area (Å²) in [4.78, 5) is 27.0. The molecule has 0 spiro atoms. The van der Waals surface area contributed by atoms with Gasteiger partial charge in [0.05, 0.1) is 6.04 Å². The van der Waals surface area contributed by atoms with Crippen LogP contribution in [0.4, 0.5) is 0 Å². The lowest BCUT2D eigenvalue weighted by molar-refractivity contribution is -0.133. The summed E-state index contributed by atoms with van der Waals surface area (Å²) in [7, 11) is 0. The smallest absolute Gasteiger partial charge is 0.239 e. The molecule has 2 rings (SSSR count). The number of benzene rings is 1. The van der Waals surface area contributed by atoms with Gasteiger partial charge in [0.1, 0.15) is 0 Å². The standard InChI is InChI=1S/C21H32N2O2S.ClH/c1-15(2)14-16-4-6-17(7-5-16)20(24)18-8-11-23(12-9-18)21(25)19(22)10-13-26-3;/h4-7,15,18-19H,8-14,22H2,1-3H3;1H. The van der Waals surface area contributed by atoms with Crippen LogP contribution in [0.15, 0.2) is 24.3 Å². The van der Waals surface area contributed by atoms with Crippen molar-refractivity contribution >= 4 is 35.9 Å². The van der Waals surface area contributed by atoms with Crippen LogP contribution in [0, 0.1) is 11.8 Å². The highest BCUT2D eigenvalue weighted by molar-refractivity contribution is 7.98. The topological polar surface area (TPSA) is 63.4 Å². The van der Waals surface area contributed by atoms with Crippen molar-refractivity contribution < 1.29 is 9.59 Å². The predicted octanol–water partition coefficient (Wildman–Crippen LogP) is 3.81. The molecule has 0 aromatic heterocycles. The van der Waals surface area contributed by atoms with Crippen molar-refractivity contribution in [1.82, 2.24) is 4.90 Å². The molecule has 1 saturated heterocycles. The summed E-state index contributed by atoms with van der Waals surface area (Å²) in [5.74, 6) is 1.76. The number of hydrogen-bond donors (Lipinski definition) is 1. The number of nitrogens with two attached hydrogens (primary N) is 1. The Bertz CT molecular complexity index is 599. The molecule has 4 nitrogen and oxygen atoms in total. The fourth-order valence-corrected chi connectivity index (χ4v) is 3.97. The maximum absolute atomic E-state index is 12.8. The van der Waals surface area contributed by atoms with Gasteiger partial charge in [0, 0.05) is 24.6 Å². The van der Waals surface area contributed by atoms with E-state index in [1.807, 2.05) is 23.3 Å². The third kappa shape index (κ3) is 7.13. The van der Waals surface area contributed by atoms with Gasteiger partial charge in [-0.05, 0) is 49.2 Å². The van der Waals surface area contributed by atoms with Crippen molar-refractivity contribution in [3.63, 3.8) is 0 Å². The van der Waals surface area contributed by atoms with Crippen molar-refractivity contribution in [3.05, 3.63) is 35.4 Å². The van der Waals surface area contributed by atoms with E-state index >= 15 is 0 Å². The third-order valence-corrected chi connectivity index (χ3v) is 5.65. The largest absolute Gasteiger partial charge is 0.341 e. The molecular formula is C21H33ClN2O2S. The van der Waals surface area contributed by atoms with Crippen LogP contribution in [-0.4, -0.2) is 47.7 Å². The van der Waals surface area contributed by atoms with Gasteiger partial charge in [-0.2, -0.15) is 11.8 Å². The van der Waals surface area contributed by atoms with Gasteiger partial charge in [0.15, 0.2) is 5.78 Å². The third-order valence-electron chi connectivity index (χ3n) is 5.01. The molecule has 1 atom stereocenters. The second kappa shape index (κ2) is 11.7. The first-order valence-corrected chi connectivity index (χ1v) is 11.0. The Labute approximate surface area is 174 Å². The molecule has 1 heterocycles. The molecular weight excluding hydrogens is 380 g/mol. The van der Waals surface area contributed by atoms with Crippen LogP contribution in [-0.2, 0) is 11.2 Å². The number of carbonyl (C=O) groups is 2. The lowest BCUT2D eigenvalue weighted by Crippen LogP contribution is -2.48. The number of likely N-dealkylation sites (tertiary alicyclic amines) is 1. The predicted molar refractivity (Wildman–Crippen MR) is 117 cm³/mol. The van der Waals surface area contributed by atoms with Gasteiger partial charge in [-0.15, -0.1) is 12.4 Å². The van der Waals surface area contributed by atoms with Gasteiger partial charge in [-0.25, -0.2) is 0 Å². The molecule has 1 aromatic carbocycles. The number of halogens is 1. The average Bonchev–Trinajstić information content (AvgIpc) is 2.65. The van der Waals surface area contributed by atoms with Crippen LogP contribution in [0.2, 0.25) is 0 Å². The van der Waals surface area contributed by atoms with E-state index in [0.29, 0.717) is 25.4 Å². The molecule has 6 heteroatoms. The Balaban J connectivity index is 0.00000364. The van der Waals surface area contributed by atoms with Gasteiger partial charge in [-0.1, -0.05) is 38.1 Å². The molecule has 152 valence electrons. The second-order valence-corrected chi connectivity index (χ2v) is 8.63. The number of carbonyl (C=O) groups excluding carboxylic acids is 2. The van der Waals surface area contributed by atoms with E-state index in [1.165, 1.54) is 5.56 Å². The molecule has 27 heavy (non-hydrogen) atoms. The summed E-state index contributed by atoms with van der Waals surface area (Å²) in [6, 6.07) is 7.63. The monoisotopic (exact) mass is 412 g/mol. The van der Waals surface area contributed by atoms with Crippen molar-refractivity contribution in [2.45, 2.75) is 45.6 Å². The number of nitrogens with zero attached hydrogens (tertiary/aromatic N) is 1. The van der Waals surface area contributed by atoms with Crippen LogP contribution in [0.25, 0.3) is 0 Å². The molecule has 0 aliphatic carbocycles. The van der Waals surface area contributed by atoms with Crippen molar-refractivity contribution in [3.8, 4) is 0 Å². The van der Waals surface area contributed by atoms with Gasteiger partial charge < -0.3 is 10.6 Å². The molecule has 1 aliphatic rings. The Morgan fingerprint density at radius 3 is 2.30 bits per heavy atom. The number of thioether (sulfide) groups is 1. The number of piperidine rings is 1. The Hall–Kier alpha value is -1.04. The lowest BCUT2D eigenvalue weighted by Gasteiger charge is -2.33.